The molecule has 0 aliphatic carbocycles. The third-order valence-corrected chi connectivity index (χ3v) is 3.77. The number of rotatable bonds is 1. The third kappa shape index (κ3) is 2.16. The smallest absolute Gasteiger partial charge is 0.206 e. The van der Waals surface area contributed by atoms with Gasteiger partial charge in [0.25, 0.3) is 0 Å². The molecule has 1 aromatic heterocycles. The van der Waals surface area contributed by atoms with Gasteiger partial charge in [-0.2, -0.15) is 5.21 Å². The number of fused-ring (bicyclic) bond motifs is 3. The summed E-state index contributed by atoms with van der Waals surface area (Å²) in [5.74, 6) is -1.05. The van der Waals surface area contributed by atoms with Gasteiger partial charge in [-0.25, -0.2) is 0 Å². The molecule has 0 spiro atoms. The standard InChI is InChI=1S/C12H18N4O5/c1-11(2)18-5-6(19-11)8-10(21-12(3,4)20-8)17-7(5)9-13-15-16-14-9/h5-8,10H,1-4H3,(H,13,14,15,16). The zero-order valence-electron chi connectivity index (χ0n) is 12.3. The summed E-state index contributed by atoms with van der Waals surface area (Å²) in [4.78, 5) is 0. The molecule has 0 saturated carbocycles. The number of H-pyrrole nitrogens is 1. The first-order chi connectivity index (χ1) is 9.85. The molecule has 4 rings (SSSR count). The molecule has 4 heterocycles. The van der Waals surface area contributed by atoms with Crippen LogP contribution in [0.15, 0.2) is 0 Å². The van der Waals surface area contributed by atoms with Gasteiger partial charge in [-0.3, -0.25) is 0 Å². The molecule has 116 valence electrons. The fourth-order valence-corrected chi connectivity index (χ4v) is 3.11. The molecule has 0 bridgehead atoms. The van der Waals surface area contributed by atoms with E-state index in [9.17, 15) is 0 Å². The van der Waals surface area contributed by atoms with Crippen LogP contribution in [0.1, 0.15) is 39.6 Å². The van der Waals surface area contributed by atoms with Gasteiger partial charge in [0.1, 0.15) is 18.3 Å². The predicted octanol–water partition coefficient (Wildman–Crippen LogP) is 0.269. The Balaban J connectivity index is 1.69. The highest BCUT2D eigenvalue weighted by atomic mass is 16.9. The van der Waals surface area contributed by atoms with Crippen LogP contribution in [0.4, 0.5) is 0 Å². The summed E-state index contributed by atoms with van der Waals surface area (Å²) < 4.78 is 29.6. The van der Waals surface area contributed by atoms with Crippen LogP contribution in [0.5, 0.6) is 0 Å². The summed E-state index contributed by atoms with van der Waals surface area (Å²) in [5, 5.41) is 14.0. The molecular weight excluding hydrogens is 280 g/mol. The maximum absolute atomic E-state index is 5.99. The Hall–Kier alpha value is -1.13. The minimum absolute atomic E-state index is 0.316. The van der Waals surface area contributed by atoms with Gasteiger partial charge in [-0.15, -0.1) is 10.2 Å². The maximum Gasteiger partial charge on any atom is 0.206 e. The quantitative estimate of drug-likeness (QED) is 0.788. The highest BCUT2D eigenvalue weighted by Gasteiger charge is 2.61. The van der Waals surface area contributed by atoms with Crippen LogP contribution < -0.4 is 0 Å². The van der Waals surface area contributed by atoms with Crippen LogP contribution in [-0.4, -0.2) is 56.8 Å². The molecule has 9 nitrogen and oxygen atoms in total. The highest BCUT2D eigenvalue weighted by Crippen LogP contribution is 2.47. The van der Waals surface area contributed by atoms with Crippen LogP contribution in [0.2, 0.25) is 0 Å². The summed E-state index contributed by atoms with van der Waals surface area (Å²) in [5.41, 5.74) is 0. The summed E-state index contributed by atoms with van der Waals surface area (Å²) in [7, 11) is 0. The molecule has 5 unspecified atom stereocenters. The monoisotopic (exact) mass is 298 g/mol. The molecule has 0 amide bonds. The Bertz CT molecular complexity index is 534. The Morgan fingerprint density at radius 1 is 0.905 bits per heavy atom. The molecule has 3 aliphatic rings. The fourth-order valence-electron chi connectivity index (χ4n) is 3.11. The van der Waals surface area contributed by atoms with Gasteiger partial charge in [0.05, 0.1) is 0 Å². The van der Waals surface area contributed by atoms with E-state index >= 15 is 0 Å². The van der Waals surface area contributed by atoms with Crippen LogP contribution in [-0.2, 0) is 23.7 Å². The van der Waals surface area contributed by atoms with E-state index in [0.29, 0.717) is 5.82 Å². The van der Waals surface area contributed by atoms with Crippen LogP contribution in [0, 0.1) is 0 Å². The zero-order chi connectivity index (χ0) is 14.8. The highest BCUT2D eigenvalue weighted by molar-refractivity contribution is 5.05. The zero-order valence-corrected chi connectivity index (χ0v) is 12.3. The Labute approximate surface area is 121 Å². The van der Waals surface area contributed by atoms with Gasteiger partial charge in [-0.1, -0.05) is 5.21 Å². The molecule has 3 fully saturated rings. The first kappa shape index (κ1) is 13.5. The molecule has 5 atom stereocenters. The molecule has 1 N–H and O–H groups in total. The lowest BCUT2D eigenvalue weighted by molar-refractivity contribution is -0.238. The molecule has 1 aromatic rings. The molecular formula is C12H18N4O5. The maximum atomic E-state index is 5.99. The lowest BCUT2D eigenvalue weighted by atomic mass is 9.98. The minimum atomic E-state index is -0.734. The normalized spacial score (nSPS) is 43.5. The van der Waals surface area contributed by atoms with Gasteiger partial charge in [0, 0.05) is 0 Å². The SMILES string of the molecule is CC1(C)OC2OC(c3nn[nH]n3)C3OC(C)(C)OC3C2O1. The van der Waals surface area contributed by atoms with E-state index in [-0.39, 0.29) is 18.3 Å². The number of nitrogens with one attached hydrogen (secondary N) is 1. The van der Waals surface area contributed by atoms with Crippen molar-refractivity contribution in [3.8, 4) is 0 Å². The average molecular weight is 298 g/mol. The lowest BCUT2D eigenvalue weighted by Crippen LogP contribution is -2.51. The van der Waals surface area contributed by atoms with E-state index in [1.54, 1.807) is 0 Å². The van der Waals surface area contributed by atoms with Crippen LogP contribution in [0.3, 0.4) is 0 Å². The Kier molecular flexibility index (Phi) is 2.71. The first-order valence-electron chi connectivity index (χ1n) is 6.95. The van der Waals surface area contributed by atoms with E-state index in [4.69, 9.17) is 23.7 Å². The van der Waals surface area contributed by atoms with Crippen molar-refractivity contribution >= 4 is 0 Å². The molecule has 3 saturated heterocycles. The summed E-state index contributed by atoms with van der Waals surface area (Å²) >= 11 is 0. The number of aromatic amines is 1. The van der Waals surface area contributed by atoms with E-state index in [1.807, 2.05) is 27.7 Å². The van der Waals surface area contributed by atoms with Crippen molar-refractivity contribution in [3.63, 3.8) is 0 Å². The molecule has 3 aliphatic heterocycles. The first-order valence-corrected chi connectivity index (χ1v) is 6.95. The Morgan fingerprint density at radius 2 is 1.57 bits per heavy atom. The van der Waals surface area contributed by atoms with Crippen molar-refractivity contribution in [3.05, 3.63) is 5.82 Å². The number of hydrogen-bond donors (Lipinski definition) is 1. The van der Waals surface area contributed by atoms with Gasteiger partial charge in [0.2, 0.25) is 5.82 Å². The summed E-state index contributed by atoms with van der Waals surface area (Å²) in [6.45, 7) is 7.39. The van der Waals surface area contributed by atoms with Crippen molar-refractivity contribution < 1.29 is 23.7 Å². The second-order valence-electron chi connectivity index (χ2n) is 6.36. The van der Waals surface area contributed by atoms with Crippen molar-refractivity contribution in [1.29, 1.82) is 0 Å². The van der Waals surface area contributed by atoms with Crippen molar-refractivity contribution in [2.45, 2.75) is 70.0 Å². The summed E-state index contributed by atoms with van der Waals surface area (Å²) in [6.07, 6.45) is -2.12. The van der Waals surface area contributed by atoms with Gasteiger partial charge < -0.3 is 23.7 Å². The van der Waals surface area contributed by atoms with Gasteiger partial charge in [-0.05, 0) is 27.7 Å². The second kappa shape index (κ2) is 4.20. The topological polar surface area (TPSA) is 101 Å². The van der Waals surface area contributed by atoms with E-state index in [2.05, 4.69) is 20.6 Å². The molecule has 21 heavy (non-hydrogen) atoms. The molecule has 0 radical (unpaired) electrons. The number of tetrazole rings is 1. The number of aromatic nitrogens is 4. The van der Waals surface area contributed by atoms with Crippen molar-refractivity contribution in [1.82, 2.24) is 20.6 Å². The van der Waals surface area contributed by atoms with Gasteiger partial charge in [0.15, 0.2) is 24.0 Å². The van der Waals surface area contributed by atoms with Gasteiger partial charge >= 0.3 is 0 Å². The second-order valence-corrected chi connectivity index (χ2v) is 6.36. The largest absolute Gasteiger partial charge is 0.342 e. The lowest BCUT2D eigenvalue weighted by Gasteiger charge is -2.35. The fraction of sp³-hybridized carbons (Fsp3) is 0.917. The minimum Gasteiger partial charge on any atom is -0.342 e. The Morgan fingerprint density at radius 3 is 2.29 bits per heavy atom. The molecule has 9 heteroatoms. The molecule has 0 aromatic carbocycles. The van der Waals surface area contributed by atoms with Crippen molar-refractivity contribution in [2.75, 3.05) is 0 Å². The van der Waals surface area contributed by atoms with Crippen LogP contribution in [0.25, 0.3) is 0 Å². The third-order valence-electron chi connectivity index (χ3n) is 3.77. The van der Waals surface area contributed by atoms with E-state index in [1.165, 1.54) is 0 Å². The summed E-state index contributed by atoms with van der Waals surface area (Å²) in [6, 6.07) is 0. The van der Waals surface area contributed by atoms with E-state index in [0.717, 1.165) is 0 Å². The average Bonchev–Trinajstić information content (AvgIpc) is 3.02. The number of ether oxygens (including phenoxy) is 5. The van der Waals surface area contributed by atoms with E-state index < -0.39 is 24.0 Å². The van der Waals surface area contributed by atoms with Crippen LogP contribution >= 0.6 is 0 Å². The predicted molar refractivity (Wildman–Crippen MR) is 65.7 cm³/mol. The number of hydrogen-bond acceptors (Lipinski definition) is 8. The number of nitrogens with zero attached hydrogens (tertiary/aromatic N) is 3. The van der Waals surface area contributed by atoms with Crippen molar-refractivity contribution in [2.24, 2.45) is 0 Å².